The van der Waals surface area contributed by atoms with E-state index in [0.29, 0.717) is 5.76 Å². The van der Waals surface area contributed by atoms with Crippen LogP contribution in [-0.4, -0.2) is 23.1 Å². The highest BCUT2D eigenvalue weighted by Crippen LogP contribution is 2.44. The van der Waals surface area contributed by atoms with Crippen LogP contribution in [0.3, 0.4) is 0 Å². The minimum Gasteiger partial charge on any atom is -0.437 e. The van der Waals surface area contributed by atoms with Crippen LogP contribution in [0.15, 0.2) is 11.8 Å². The van der Waals surface area contributed by atoms with Crippen molar-refractivity contribution in [3.05, 3.63) is 11.8 Å². The Balaban J connectivity index is 2.43. The van der Waals surface area contributed by atoms with E-state index in [4.69, 9.17) is 4.74 Å². The third-order valence-corrected chi connectivity index (χ3v) is 4.64. The minimum absolute atomic E-state index is 0.0580. The Morgan fingerprint density at radius 3 is 2.55 bits per heavy atom. The first kappa shape index (κ1) is 17.1. The highest BCUT2D eigenvalue weighted by atomic mass is 32.2. The van der Waals surface area contributed by atoms with Crippen LogP contribution in [0.25, 0.3) is 0 Å². The Hall–Kier alpha value is -0.970. The fourth-order valence-corrected chi connectivity index (χ4v) is 3.30. The number of hydrogen-bond donors (Lipinski definition) is 0. The number of unbranched alkanes of at least 4 members (excludes halogenated alkanes) is 5. The summed E-state index contributed by atoms with van der Waals surface area (Å²) in [4.78, 5) is 22.8. The van der Waals surface area contributed by atoms with Crippen LogP contribution >= 0.6 is 11.8 Å². The second-order valence-corrected chi connectivity index (χ2v) is 6.74. The predicted octanol–water partition coefficient (Wildman–Crippen LogP) is 4.44. The minimum atomic E-state index is -0.763. The largest absolute Gasteiger partial charge is 0.513 e. The quantitative estimate of drug-likeness (QED) is 0.490. The van der Waals surface area contributed by atoms with Gasteiger partial charge in [-0.15, -0.1) is 0 Å². The molecule has 0 saturated carbocycles. The number of ether oxygens (including phenoxy) is 2. The van der Waals surface area contributed by atoms with E-state index in [1.807, 2.05) is 6.92 Å². The summed E-state index contributed by atoms with van der Waals surface area (Å²) in [6.07, 6.45) is 8.65. The van der Waals surface area contributed by atoms with E-state index in [1.54, 1.807) is 0 Å². The standard InChI is InChI=1S/C15H24O4S/c1-4-5-6-7-8-9-10-15(2)12(11-13(16)20-15)19-14(17)18-3/h11H,4-10H2,1-3H3/t15-/m1/s1. The second-order valence-electron chi connectivity index (χ2n) is 5.23. The molecule has 0 fully saturated rings. The summed E-state index contributed by atoms with van der Waals surface area (Å²) in [5, 5.41) is -0.0580. The summed E-state index contributed by atoms with van der Waals surface area (Å²) in [6.45, 7) is 4.15. The van der Waals surface area contributed by atoms with Crippen LogP contribution in [0.4, 0.5) is 4.79 Å². The van der Waals surface area contributed by atoms with Gasteiger partial charge in [0.2, 0.25) is 5.12 Å². The van der Waals surface area contributed by atoms with Crippen molar-refractivity contribution >= 4 is 23.0 Å². The van der Waals surface area contributed by atoms with Crippen LogP contribution in [0, 0.1) is 0 Å². The molecule has 0 aliphatic carbocycles. The molecular formula is C15H24O4S. The van der Waals surface area contributed by atoms with Crippen molar-refractivity contribution < 1.29 is 19.1 Å². The Labute approximate surface area is 125 Å². The molecular weight excluding hydrogens is 276 g/mol. The summed E-state index contributed by atoms with van der Waals surface area (Å²) < 4.78 is 9.15. The van der Waals surface area contributed by atoms with Gasteiger partial charge in [-0.05, 0) is 13.3 Å². The average Bonchev–Trinajstić information content (AvgIpc) is 2.68. The average molecular weight is 300 g/mol. The maximum Gasteiger partial charge on any atom is 0.513 e. The zero-order valence-corrected chi connectivity index (χ0v) is 13.4. The molecule has 0 radical (unpaired) electrons. The van der Waals surface area contributed by atoms with Crippen molar-refractivity contribution in [2.45, 2.75) is 63.5 Å². The molecule has 1 heterocycles. The first-order valence-electron chi connectivity index (χ1n) is 7.23. The summed E-state index contributed by atoms with van der Waals surface area (Å²) in [6, 6.07) is 0. The molecule has 114 valence electrons. The molecule has 4 nitrogen and oxygen atoms in total. The molecule has 0 amide bonds. The molecule has 0 aromatic heterocycles. The van der Waals surface area contributed by atoms with Gasteiger partial charge in [0.15, 0.2) is 0 Å². The molecule has 1 aliphatic heterocycles. The molecule has 5 heteroatoms. The Morgan fingerprint density at radius 1 is 1.25 bits per heavy atom. The fraction of sp³-hybridized carbons (Fsp3) is 0.733. The third kappa shape index (κ3) is 5.19. The Kier molecular flexibility index (Phi) is 7.13. The molecule has 0 aromatic rings. The van der Waals surface area contributed by atoms with Crippen LogP contribution in [0.5, 0.6) is 0 Å². The molecule has 1 aliphatic rings. The number of hydrogen-bond acceptors (Lipinski definition) is 5. The van der Waals surface area contributed by atoms with Gasteiger partial charge < -0.3 is 9.47 Å². The summed E-state index contributed by atoms with van der Waals surface area (Å²) in [5.41, 5.74) is 0. The van der Waals surface area contributed by atoms with E-state index < -0.39 is 10.9 Å². The number of thioether (sulfide) groups is 1. The van der Waals surface area contributed by atoms with Crippen molar-refractivity contribution in [1.82, 2.24) is 0 Å². The van der Waals surface area contributed by atoms with Gasteiger partial charge in [-0.1, -0.05) is 57.2 Å². The van der Waals surface area contributed by atoms with E-state index in [-0.39, 0.29) is 5.12 Å². The zero-order chi connectivity index (χ0) is 15.0. The van der Waals surface area contributed by atoms with Crippen molar-refractivity contribution in [3.63, 3.8) is 0 Å². The van der Waals surface area contributed by atoms with Crippen LogP contribution in [-0.2, 0) is 14.3 Å². The lowest BCUT2D eigenvalue weighted by molar-refractivity contribution is -0.106. The molecule has 1 rings (SSSR count). The summed E-state index contributed by atoms with van der Waals surface area (Å²) in [5.74, 6) is 0.424. The molecule has 20 heavy (non-hydrogen) atoms. The first-order valence-corrected chi connectivity index (χ1v) is 8.04. The van der Waals surface area contributed by atoms with Gasteiger partial charge in [0.1, 0.15) is 5.76 Å². The predicted molar refractivity (Wildman–Crippen MR) is 80.6 cm³/mol. The number of methoxy groups -OCH3 is 1. The lowest BCUT2D eigenvalue weighted by Crippen LogP contribution is -2.24. The number of carbonyl (C=O) groups excluding carboxylic acids is 2. The van der Waals surface area contributed by atoms with Crippen LogP contribution < -0.4 is 0 Å². The molecule has 0 spiro atoms. The van der Waals surface area contributed by atoms with Gasteiger partial charge in [-0.25, -0.2) is 4.79 Å². The van der Waals surface area contributed by atoms with Gasteiger partial charge >= 0.3 is 6.16 Å². The maximum atomic E-state index is 11.6. The monoisotopic (exact) mass is 300 g/mol. The molecule has 0 bridgehead atoms. The van der Waals surface area contributed by atoms with Crippen molar-refractivity contribution in [2.75, 3.05) is 7.11 Å². The normalized spacial score (nSPS) is 21.8. The van der Waals surface area contributed by atoms with E-state index in [2.05, 4.69) is 11.7 Å². The molecule has 0 aromatic carbocycles. The van der Waals surface area contributed by atoms with Crippen molar-refractivity contribution in [3.8, 4) is 0 Å². The Morgan fingerprint density at radius 2 is 1.90 bits per heavy atom. The van der Waals surface area contributed by atoms with Gasteiger partial charge in [0.25, 0.3) is 0 Å². The van der Waals surface area contributed by atoms with Gasteiger partial charge in [0, 0.05) is 6.08 Å². The highest BCUT2D eigenvalue weighted by Gasteiger charge is 2.40. The molecule has 0 unspecified atom stereocenters. The highest BCUT2D eigenvalue weighted by molar-refractivity contribution is 8.15. The molecule has 0 N–H and O–H groups in total. The van der Waals surface area contributed by atoms with Crippen molar-refractivity contribution in [2.24, 2.45) is 0 Å². The van der Waals surface area contributed by atoms with E-state index >= 15 is 0 Å². The van der Waals surface area contributed by atoms with E-state index in [9.17, 15) is 9.59 Å². The fourth-order valence-electron chi connectivity index (χ4n) is 2.25. The lowest BCUT2D eigenvalue weighted by Gasteiger charge is -2.24. The van der Waals surface area contributed by atoms with Crippen molar-refractivity contribution in [1.29, 1.82) is 0 Å². The molecule has 0 saturated heterocycles. The smallest absolute Gasteiger partial charge is 0.437 e. The van der Waals surface area contributed by atoms with Crippen LogP contribution in [0.1, 0.15) is 58.8 Å². The van der Waals surface area contributed by atoms with Gasteiger partial charge in [-0.2, -0.15) is 0 Å². The van der Waals surface area contributed by atoms with E-state index in [0.717, 1.165) is 19.3 Å². The first-order chi connectivity index (χ1) is 9.51. The van der Waals surface area contributed by atoms with Crippen LogP contribution in [0.2, 0.25) is 0 Å². The van der Waals surface area contributed by atoms with Gasteiger partial charge in [0.05, 0.1) is 11.9 Å². The summed E-state index contributed by atoms with van der Waals surface area (Å²) >= 11 is 1.23. The SMILES string of the molecule is CCCCCCCC[C@@]1(C)SC(=O)C=C1OC(=O)OC. The van der Waals surface area contributed by atoms with E-state index in [1.165, 1.54) is 50.6 Å². The molecule has 1 atom stereocenters. The number of rotatable bonds is 8. The third-order valence-electron chi connectivity index (χ3n) is 3.46. The Bertz CT molecular complexity index is 378. The number of carbonyl (C=O) groups is 2. The lowest BCUT2D eigenvalue weighted by atomic mass is 9.99. The second kappa shape index (κ2) is 8.35. The summed E-state index contributed by atoms with van der Waals surface area (Å²) in [7, 11) is 1.26. The maximum absolute atomic E-state index is 11.6. The zero-order valence-electron chi connectivity index (χ0n) is 12.6. The topological polar surface area (TPSA) is 52.6 Å². The van der Waals surface area contributed by atoms with Gasteiger partial charge in [-0.3, -0.25) is 4.79 Å².